The fraction of sp³-hybridized carbons (Fsp3) is 0.212. The van der Waals surface area contributed by atoms with Gasteiger partial charge in [-0.25, -0.2) is 4.79 Å². The van der Waals surface area contributed by atoms with Crippen molar-refractivity contribution in [2.24, 2.45) is 0 Å². The molecule has 1 saturated heterocycles. The standard InChI is InChI=1S/C33H28N2O4/c1-34-22-30(23-14-6-3-7-15-23)32(24-16-8-4-9-17-24,33(30,38)29(37)39-2)31(34)26-20-12-13-21-27(26)35(28(31)36)25-18-10-5-11-19-25/h3-21,38H,22H2,1-2H3/t30-,31-,32+,33-/m0/s1. The second-order valence-electron chi connectivity index (χ2n) is 10.6. The van der Waals surface area contributed by atoms with E-state index in [2.05, 4.69) is 0 Å². The van der Waals surface area contributed by atoms with Gasteiger partial charge in [-0.05, 0) is 36.4 Å². The summed E-state index contributed by atoms with van der Waals surface area (Å²) in [6.45, 7) is 0.264. The summed E-state index contributed by atoms with van der Waals surface area (Å²) in [4.78, 5) is 32.8. The number of likely N-dealkylation sites (tertiary alicyclic amines) is 1. The second kappa shape index (κ2) is 7.88. The molecule has 2 heterocycles. The number of amides is 1. The van der Waals surface area contributed by atoms with Gasteiger partial charge < -0.3 is 9.84 Å². The largest absolute Gasteiger partial charge is 0.467 e. The lowest BCUT2D eigenvalue weighted by atomic mass is 9.68. The third-order valence-electron chi connectivity index (χ3n) is 9.34. The molecule has 0 radical (unpaired) electrons. The highest BCUT2D eigenvalue weighted by molar-refractivity contribution is 6.17. The highest BCUT2D eigenvalue weighted by atomic mass is 16.5. The number of carbonyl (C=O) groups is 2. The van der Waals surface area contributed by atoms with Crippen LogP contribution in [0, 0.1) is 0 Å². The van der Waals surface area contributed by atoms with E-state index in [9.17, 15) is 9.90 Å². The first-order chi connectivity index (χ1) is 18.9. The summed E-state index contributed by atoms with van der Waals surface area (Å²) in [5, 5.41) is 12.9. The molecule has 2 fully saturated rings. The fourth-order valence-corrected chi connectivity index (χ4v) is 8.17. The van der Waals surface area contributed by atoms with Gasteiger partial charge in [0.2, 0.25) is 0 Å². The van der Waals surface area contributed by atoms with Crippen LogP contribution in [-0.4, -0.2) is 48.2 Å². The lowest BCUT2D eigenvalue weighted by Crippen LogP contribution is -2.60. The Balaban J connectivity index is 1.64. The number of para-hydroxylation sites is 2. The first kappa shape index (κ1) is 23.8. The maximum atomic E-state index is 15.2. The summed E-state index contributed by atoms with van der Waals surface area (Å²) in [7, 11) is 3.21. The predicted molar refractivity (Wildman–Crippen MR) is 148 cm³/mol. The minimum absolute atomic E-state index is 0.209. The van der Waals surface area contributed by atoms with Crippen molar-refractivity contribution in [2.75, 3.05) is 25.6 Å². The molecule has 4 aromatic carbocycles. The monoisotopic (exact) mass is 516 g/mol. The molecule has 6 heteroatoms. The summed E-state index contributed by atoms with van der Waals surface area (Å²) >= 11 is 0. The topological polar surface area (TPSA) is 70.1 Å². The number of hydrogen-bond acceptors (Lipinski definition) is 5. The molecule has 2 aliphatic heterocycles. The molecule has 194 valence electrons. The van der Waals surface area contributed by atoms with E-state index in [4.69, 9.17) is 4.74 Å². The van der Waals surface area contributed by atoms with E-state index in [0.717, 1.165) is 22.5 Å². The number of likely N-dealkylation sites (N-methyl/N-ethyl adjacent to an activating group) is 1. The number of benzene rings is 4. The van der Waals surface area contributed by atoms with Crippen molar-refractivity contribution in [1.29, 1.82) is 0 Å². The molecule has 1 N–H and O–H groups in total. The second-order valence-corrected chi connectivity index (χ2v) is 10.6. The zero-order valence-electron chi connectivity index (χ0n) is 21.7. The number of anilines is 2. The minimum atomic E-state index is -2.01. The summed E-state index contributed by atoms with van der Waals surface area (Å²) in [6.07, 6.45) is 0. The fourth-order valence-electron chi connectivity index (χ4n) is 8.17. The third kappa shape index (κ3) is 2.37. The van der Waals surface area contributed by atoms with Crippen molar-refractivity contribution in [2.45, 2.75) is 22.0 Å². The van der Waals surface area contributed by atoms with Crippen LogP contribution in [-0.2, 0) is 30.7 Å². The zero-order valence-corrected chi connectivity index (χ0v) is 21.7. The van der Waals surface area contributed by atoms with Crippen LogP contribution in [0.3, 0.4) is 0 Å². The molecule has 4 atom stereocenters. The molecule has 1 spiro atoms. The van der Waals surface area contributed by atoms with Crippen LogP contribution < -0.4 is 4.90 Å². The van der Waals surface area contributed by atoms with Gasteiger partial charge >= 0.3 is 5.97 Å². The molecular formula is C33H28N2O4. The molecule has 0 bridgehead atoms. The summed E-state index contributed by atoms with van der Waals surface area (Å²) in [5.74, 6) is -0.954. The van der Waals surface area contributed by atoms with Crippen LogP contribution in [0.15, 0.2) is 115 Å². The summed E-state index contributed by atoms with van der Waals surface area (Å²) < 4.78 is 5.35. The molecule has 1 amide bonds. The van der Waals surface area contributed by atoms with Crippen LogP contribution in [0.1, 0.15) is 16.7 Å². The van der Waals surface area contributed by atoms with Gasteiger partial charge in [0.25, 0.3) is 5.91 Å². The summed E-state index contributed by atoms with van der Waals surface area (Å²) in [6, 6.07) is 36.3. The zero-order chi connectivity index (χ0) is 27.0. The molecule has 7 rings (SSSR count). The number of nitrogens with zero attached hydrogens (tertiary/aromatic N) is 2. The van der Waals surface area contributed by atoms with Crippen molar-refractivity contribution in [3.8, 4) is 0 Å². The van der Waals surface area contributed by atoms with Gasteiger partial charge in [-0.1, -0.05) is 97.1 Å². The van der Waals surface area contributed by atoms with Gasteiger partial charge in [0, 0.05) is 17.8 Å². The highest BCUT2D eigenvalue weighted by Crippen LogP contribution is 2.85. The quantitative estimate of drug-likeness (QED) is 0.410. The number of esters is 1. The van der Waals surface area contributed by atoms with Crippen molar-refractivity contribution >= 4 is 23.3 Å². The Morgan fingerprint density at radius 3 is 1.95 bits per heavy atom. The van der Waals surface area contributed by atoms with Crippen molar-refractivity contribution in [3.63, 3.8) is 0 Å². The van der Waals surface area contributed by atoms with Gasteiger partial charge in [0.15, 0.2) is 5.60 Å². The molecule has 39 heavy (non-hydrogen) atoms. The first-order valence-corrected chi connectivity index (χ1v) is 13.1. The average Bonchev–Trinajstić information content (AvgIpc) is 3.20. The van der Waals surface area contributed by atoms with Crippen LogP contribution in [0.25, 0.3) is 0 Å². The Morgan fingerprint density at radius 1 is 0.795 bits per heavy atom. The lowest BCUT2D eigenvalue weighted by molar-refractivity contribution is -0.160. The Labute approximate surface area is 227 Å². The molecule has 4 aromatic rings. The number of methoxy groups -OCH3 is 1. The van der Waals surface area contributed by atoms with E-state index in [-0.39, 0.29) is 12.5 Å². The number of ether oxygens (including phenoxy) is 1. The first-order valence-electron chi connectivity index (χ1n) is 13.1. The SMILES string of the molecule is COC(=O)[C@]1(O)[C@]2(c3ccccc3)CN(C)[C@@]3(C(=O)N(c4ccccc4)c4ccccc43)[C@]12c1ccccc1. The lowest BCUT2D eigenvalue weighted by Gasteiger charge is -2.42. The van der Waals surface area contributed by atoms with Crippen LogP contribution in [0.4, 0.5) is 11.4 Å². The number of hydrogen-bond donors (Lipinski definition) is 1. The van der Waals surface area contributed by atoms with E-state index in [1.807, 2.05) is 127 Å². The Bertz CT molecular complexity index is 1610. The number of fused-ring (bicyclic) bond motifs is 4. The maximum Gasteiger partial charge on any atom is 0.339 e. The minimum Gasteiger partial charge on any atom is -0.467 e. The van der Waals surface area contributed by atoms with Crippen molar-refractivity contribution < 1.29 is 19.4 Å². The molecule has 3 aliphatic rings. The average molecular weight is 517 g/mol. The number of aliphatic hydroxyl groups is 1. The molecule has 0 unspecified atom stereocenters. The van der Waals surface area contributed by atoms with Crippen molar-refractivity contribution in [3.05, 3.63) is 132 Å². The van der Waals surface area contributed by atoms with Gasteiger partial charge in [-0.3, -0.25) is 14.6 Å². The molecular weight excluding hydrogens is 488 g/mol. The maximum absolute atomic E-state index is 15.2. The van der Waals surface area contributed by atoms with Crippen molar-refractivity contribution in [1.82, 2.24) is 4.90 Å². The van der Waals surface area contributed by atoms with E-state index in [1.165, 1.54) is 7.11 Å². The van der Waals surface area contributed by atoms with Crippen LogP contribution in [0.2, 0.25) is 0 Å². The van der Waals surface area contributed by atoms with E-state index in [1.54, 1.807) is 4.90 Å². The van der Waals surface area contributed by atoms with E-state index < -0.39 is 27.9 Å². The molecule has 0 aromatic heterocycles. The Kier molecular flexibility index (Phi) is 4.82. The van der Waals surface area contributed by atoms with E-state index in [0.29, 0.717) is 5.56 Å². The predicted octanol–water partition coefficient (Wildman–Crippen LogP) is 4.30. The van der Waals surface area contributed by atoms with Crippen LogP contribution in [0.5, 0.6) is 0 Å². The third-order valence-corrected chi connectivity index (χ3v) is 9.34. The van der Waals surface area contributed by atoms with Crippen LogP contribution >= 0.6 is 0 Å². The highest BCUT2D eigenvalue weighted by Gasteiger charge is 3.03. The van der Waals surface area contributed by atoms with Gasteiger partial charge in [0.05, 0.1) is 23.6 Å². The number of rotatable bonds is 4. The van der Waals surface area contributed by atoms with Gasteiger partial charge in [-0.15, -0.1) is 0 Å². The molecule has 1 saturated carbocycles. The summed E-state index contributed by atoms with van der Waals surface area (Å²) in [5.41, 5.74) is -2.24. The Morgan fingerprint density at radius 2 is 1.33 bits per heavy atom. The van der Waals surface area contributed by atoms with Gasteiger partial charge in [-0.2, -0.15) is 0 Å². The molecule has 1 aliphatic carbocycles. The van der Waals surface area contributed by atoms with E-state index >= 15 is 4.79 Å². The number of piperidine rings is 1. The number of carbonyl (C=O) groups excluding carboxylic acids is 2. The molecule has 6 nitrogen and oxygen atoms in total. The Hall–Kier alpha value is -4.26. The normalized spacial score (nSPS) is 30.7. The van der Waals surface area contributed by atoms with Gasteiger partial charge in [0.1, 0.15) is 5.54 Å². The smallest absolute Gasteiger partial charge is 0.339 e.